The number of aromatic nitrogens is 1. The Morgan fingerprint density at radius 2 is 1.74 bits per heavy atom. The van der Waals surface area contributed by atoms with Crippen molar-refractivity contribution in [2.45, 2.75) is 44.8 Å². The molecule has 142 valence electrons. The molecule has 0 saturated heterocycles. The lowest BCUT2D eigenvalue weighted by molar-refractivity contribution is -0.122. The van der Waals surface area contributed by atoms with Gasteiger partial charge in [-0.2, -0.15) is 0 Å². The highest BCUT2D eigenvalue weighted by Crippen LogP contribution is 2.42. The van der Waals surface area contributed by atoms with Crippen LogP contribution < -0.4 is 15.8 Å². The Morgan fingerprint density at radius 3 is 2.41 bits per heavy atom. The van der Waals surface area contributed by atoms with Gasteiger partial charge in [0.15, 0.2) is 0 Å². The van der Waals surface area contributed by atoms with Gasteiger partial charge in [0.1, 0.15) is 12.4 Å². The molecule has 0 aliphatic heterocycles. The average molecular weight is 365 g/mol. The van der Waals surface area contributed by atoms with E-state index >= 15 is 0 Å². The number of amides is 1. The Bertz CT molecular complexity index is 749. The number of benzene rings is 1. The van der Waals surface area contributed by atoms with E-state index in [-0.39, 0.29) is 11.8 Å². The third-order valence-corrected chi connectivity index (χ3v) is 6.06. The minimum atomic E-state index is 0.0858. The predicted octanol–water partition coefficient (Wildman–Crippen LogP) is 3.75. The van der Waals surface area contributed by atoms with Gasteiger partial charge < -0.3 is 15.8 Å². The molecule has 4 rings (SSSR count). The topological polar surface area (TPSA) is 77.2 Å². The minimum Gasteiger partial charge on any atom is -0.489 e. The molecular weight excluding hydrogens is 338 g/mol. The maximum Gasteiger partial charge on any atom is 0.227 e. The normalized spacial score (nSPS) is 27.0. The first kappa shape index (κ1) is 18.0. The van der Waals surface area contributed by atoms with Crippen LogP contribution in [0.5, 0.6) is 5.75 Å². The van der Waals surface area contributed by atoms with Crippen LogP contribution in [0.4, 0.5) is 5.69 Å². The molecular formula is C22H27N3O2. The fourth-order valence-electron chi connectivity index (χ4n) is 4.53. The fourth-order valence-corrected chi connectivity index (χ4v) is 4.53. The van der Waals surface area contributed by atoms with E-state index in [0.717, 1.165) is 29.8 Å². The van der Waals surface area contributed by atoms with Crippen LogP contribution in [0.3, 0.4) is 0 Å². The van der Waals surface area contributed by atoms with Gasteiger partial charge in [-0.1, -0.05) is 6.42 Å². The van der Waals surface area contributed by atoms with E-state index in [1.807, 2.05) is 36.4 Å². The molecule has 5 nitrogen and oxygen atoms in total. The van der Waals surface area contributed by atoms with Crippen molar-refractivity contribution in [3.63, 3.8) is 0 Å². The number of anilines is 1. The van der Waals surface area contributed by atoms with Crippen LogP contribution in [0.1, 0.15) is 37.7 Å². The van der Waals surface area contributed by atoms with Crippen molar-refractivity contribution < 1.29 is 9.53 Å². The van der Waals surface area contributed by atoms with Gasteiger partial charge in [-0.15, -0.1) is 0 Å². The number of hydrogen-bond donors (Lipinski definition) is 2. The van der Waals surface area contributed by atoms with Gasteiger partial charge in [0, 0.05) is 30.0 Å². The zero-order valence-corrected chi connectivity index (χ0v) is 15.5. The molecule has 2 aliphatic rings. The summed E-state index contributed by atoms with van der Waals surface area (Å²) >= 11 is 0. The summed E-state index contributed by atoms with van der Waals surface area (Å²) in [7, 11) is 0. The number of nitrogens with one attached hydrogen (secondary N) is 1. The number of nitrogens with two attached hydrogens (primary N) is 1. The first-order valence-corrected chi connectivity index (χ1v) is 9.87. The highest BCUT2D eigenvalue weighted by Gasteiger charge is 2.40. The van der Waals surface area contributed by atoms with Gasteiger partial charge in [-0.3, -0.25) is 9.78 Å². The standard InChI is InChI=1S/C22H27N3O2/c23-21-16-2-1-3-17(21)13-18(12-16)22(26)25-19-4-6-20(7-5-19)27-14-15-8-10-24-11-9-15/h4-11,16-18,21H,1-3,12-14,23H2,(H,25,26). The molecule has 1 aromatic carbocycles. The van der Waals surface area contributed by atoms with E-state index < -0.39 is 0 Å². The summed E-state index contributed by atoms with van der Waals surface area (Å²) in [5.41, 5.74) is 8.23. The summed E-state index contributed by atoms with van der Waals surface area (Å²) in [5, 5.41) is 3.07. The third kappa shape index (κ3) is 4.30. The number of ether oxygens (including phenoxy) is 1. The molecule has 27 heavy (non-hydrogen) atoms. The molecule has 2 atom stereocenters. The van der Waals surface area contributed by atoms with E-state index in [1.54, 1.807) is 12.4 Å². The number of rotatable bonds is 5. The molecule has 2 fully saturated rings. The first-order chi connectivity index (χ1) is 13.2. The van der Waals surface area contributed by atoms with E-state index in [0.29, 0.717) is 24.5 Å². The van der Waals surface area contributed by atoms with Crippen molar-refractivity contribution in [1.29, 1.82) is 0 Å². The van der Waals surface area contributed by atoms with E-state index in [4.69, 9.17) is 10.5 Å². The minimum absolute atomic E-state index is 0.0858. The lowest BCUT2D eigenvalue weighted by Crippen LogP contribution is -2.48. The van der Waals surface area contributed by atoms with Gasteiger partial charge in [0.05, 0.1) is 0 Å². The lowest BCUT2D eigenvalue weighted by atomic mass is 9.65. The van der Waals surface area contributed by atoms with Gasteiger partial charge in [-0.25, -0.2) is 0 Å². The number of fused-ring (bicyclic) bond motifs is 2. The van der Waals surface area contributed by atoms with Crippen LogP contribution >= 0.6 is 0 Å². The van der Waals surface area contributed by atoms with Crippen LogP contribution in [0.15, 0.2) is 48.8 Å². The summed E-state index contributed by atoms with van der Waals surface area (Å²) in [6, 6.07) is 11.7. The second-order valence-corrected chi connectivity index (χ2v) is 7.85. The Balaban J connectivity index is 1.31. The number of hydrogen-bond acceptors (Lipinski definition) is 4. The van der Waals surface area contributed by atoms with E-state index in [1.165, 1.54) is 19.3 Å². The van der Waals surface area contributed by atoms with Crippen LogP contribution in [0, 0.1) is 17.8 Å². The summed E-state index contributed by atoms with van der Waals surface area (Å²) in [6.07, 6.45) is 8.97. The zero-order chi connectivity index (χ0) is 18.6. The van der Waals surface area contributed by atoms with Crippen molar-refractivity contribution in [2.24, 2.45) is 23.5 Å². The quantitative estimate of drug-likeness (QED) is 0.846. The molecule has 2 bridgehead atoms. The molecule has 2 saturated carbocycles. The Kier molecular flexibility index (Phi) is 5.39. The largest absolute Gasteiger partial charge is 0.489 e. The molecule has 0 radical (unpaired) electrons. The Labute approximate surface area is 160 Å². The predicted molar refractivity (Wildman–Crippen MR) is 105 cm³/mol. The SMILES string of the molecule is NC1C2CCCC1CC(C(=O)Nc1ccc(OCc3ccncc3)cc1)C2. The third-order valence-electron chi connectivity index (χ3n) is 6.06. The number of nitrogens with zero attached hydrogens (tertiary/aromatic N) is 1. The monoisotopic (exact) mass is 365 g/mol. The smallest absolute Gasteiger partial charge is 0.227 e. The van der Waals surface area contributed by atoms with Crippen molar-refractivity contribution in [1.82, 2.24) is 4.98 Å². The first-order valence-electron chi connectivity index (χ1n) is 9.87. The maximum absolute atomic E-state index is 12.7. The molecule has 2 aromatic rings. The van der Waals surface area contributed by atoms with Gasteiger partial charge in [-0.05, 0) is 79.5 Å². The van der Waals surface area contributed by atoms with Crippen LogP contribution in [0.25, 0.3) is 0 Å². The fraction of sp³-hybridized carbons (Fsp3) is 0.455. The second kappa shape index (κ2) is 8.09. The number of pyridine rings is 1. The summed E-state index contributed by atoms with van der Waals surface area (Å²) in [6.45, 7) is 0.499. The summed E-state index contributed by atoms with van der Waals surface area (Å²) in [5.74, 6) is 2.02. The molecule has 5 heteroatoms. The molecule has 1 heterocycles. The zero-order valence-electron chi connectivity index (χ0n) is 15.5. The molecule has 1 aromatic heterocycles. The second-order valence-electron chi connectivity index (χ2n) is 7.85. The van der Waals surface area contributed by atoms with Crippen LogP contribution in [-0.4, -0.2) is 16.9 Å². The maximum atomic E-state index is 12.7. The van der Waals surface area contributed by atoms with Crippen molar-refractivity contribution in [3.05, 3.63) is 54.4 Å². The van der Waals surface area contributed by atoms with E-state index in [9.17, 15) is 4.79 Å². The number of carbonyl (C=O) groups is 1. The van der Waals surface area contributed by atoms with E-state index in [2.05, 4.69) is 10.3 Å². The summed E-state index contributed by atoms with van der Waals surface area (Å²) in [4.78, 5) is 16.7. The Morgan fingerprint density at radius 1 is 1.07 bits per heavy atom. The molecule has 2 aliphatic carbocycles. The summed E-state index contributed by atoms with van der Waals surface area (Å²) < 4.78 is 5.78. The highest BCUT2D eigenvalue weighted by atomic mass is 16.5. The van der Waals surface area contributed by atoms with Crippen molar-refractivity contribution in [3.8, 4) is 5.75 Å². The van der Waals surface area contributed by atoms with Gasteiger partial charge >= 0.3 is 0 Å². The number of carbonyl (C=O) groups excluding carboxylic acids is 1. The van der Waals surface area contributed by atoms with Gasteiger partial charge in [0.25, 0.3) is 0 Å². The average Bonchev–Trinajstić information content (AvgIpc) is 2.68. The molecule has 2 unspecified atom stereocenters. The highest BCUT2D eigenvalue weighted by molar-refractivity contribution is 5.92. The van der Waals surface area contributed by atoms with Crippen molar-refractivity contribution in [2.75, 3.05) is 5.32 Å². The van der Waals surface area contributed by atoms with Gasteiger partial charge in [0.2, 0.25) is 5.91 Å². The lowest BCUT2D eigenvalue weighted by Gasteiger charge is -2.43. The molecule has 0 spiro atoms. The molecule has 3 N–H and O–H groups in total. The molecule has 1 amide bonds. The van der Waals surface area contributed by atoms with Crippen LogP contribution in [-0.2, 0) is 11.4 Å². The Hall–Kier alpha value is -2.40. The van der Waals surface area contributed by atoms with Crippen molar-refractivity contribution >= 4 is 11.6 Å². The van der Waals surface area contributed by atoms with Crippen LogP contribution in [0.2, 0.25) is 0 Å².